The highest BCUT2D eigenvalue weighted by Crippen LogP contribution is 2.32. The van der Waals surface area contributed by atoms with Gasteiger partial charge in [0.1, 0.15) is 11.8 Å². The molecular formula is C14H15ClN2O2. The monoisotopic (exact) mass is 278 g/mol. The predicted octanol–water partition coefficient (Wildman–Crippen LogP) is 2.31. The highest BCUT2D eigenvalue weighted by atomic mass is 35.5. The number of ether oxygens (including phenoxy) is 1. The van der Waals surface area contributed by atoms with Crippen LogP contribution in [0.5, 0.6) is 5.75 Å². The molecule has 1 amide bonds. The molecule has 0 aromatic heterocycles. The first-order chi connectivity index (χ1) is 9.15. The van der Waals surface area contributed by atoms with Gasteiger partial charge in [-0.25, -0.2) is 0 Å². The molecule has 1 aliphatic carbocycles. The number of rotatable bonds is 5. The Bertz CT molecular complexity index is 521. The van der Waals surface area contributed by atoms with Crippen LogP contribution in [0.2, 0.25) is 5.02 Å². The third kappa shape index (κ3) is 3.39. The van der Waals surface area contributed by atoms with Crippen LogP contribution in [0.15, 0.2) is 18.2 Å². The van der Waals surface area contributed by atoms with E-state index in [-0.39, 0.29) is 18.4 Å². The fourth-order valence-electron chi connectivity index (χ4n) is 1.97. The standard InChI is InChI=1S/C14H15ClN2O2/c1-19-13-4-2-3-11(15)10(13)7-14(18)17-12(8-16)9-5-6-9/h2-4,9,12H,5-7H2,1H3,(H,17,18)/t12-/m0/s1. The Hall–Kier alpha value is -1.73. The summed E-state index contributed by atoms with van der Waals surface area (Å²) >= 11 is 6.07. The van der Waals surface area contributed by atoms with Crippen LogP contribution >= 0.6 is 11.6 Å². The van der Waals surface area contributed by atoms with E-state index in [4.69, 9.17) is 21.6 Å². The molecule has 0 bridgehead atoms. The van der Waals surface area contributed by atoms with E-state index in [1.165, 1.54) is 7.11 Å². The number of amides is 1. The minimum atomic E-state index is -0.388. The van der Waals surface area contributed by atoms with Crippen LogP contribution in [0.4, 0.5) is 0 Å². The normalized spacial score (nSPS) is 15.4. The minimum absolute atomic E-state index is 0.119. The van der Waals surface area contributed by atoms with E-state index in [2.05, 4.69) is 11.4 Å². The number of nitrogens with one attached hydrogen (secondary N) is 1. The average molecular weight is 279 g/mol. The maximum Gasteiger partial charge on any atom is 0.225 e. The summed E-state index contributed by atoms with van der Waals surface area (Å²) in [5, 5.41) is 12.2. The molecule has 1 atom stereocenters. The van der Waals surface area contributed by atoms with Crippen molar-refractivity contribution in [3.05, 3.63) is 28.8 Å². The molecule has 1 fully saturated rings. The van der Waals surface area contributed by atoms with E-state index in [9.17, 15) is 4.79 Å². The molecule has 19 heavy (non-hydrogen) atoms. The molecule has 1 aromatic rings. The Balaban J connectivity index is 2.04. The largest absolute Gasteiger partial charge is 0.496 e. The van der Waals surface area contributed by atoms with Gasteiger partial charge in [0.25, 0.3) is 0 Å². The predicted molar refractivity (Wildman–Crippen MR) is 72.0 cm³/mol. The van der Waals surface area contributed by atoms with E-state index in [1.54, 1.807) is 18.2 Å². The quantitative estimate of drug-likeness (QED) is 0.899. The second kappa shape index (κ2) is 5.94. The van der Waals surface area contributed by atoms with Crippen LogP contribution in [0.1, 0.15) is 18.4 Å². The van der Waals surface area contributed by atoms with Gasteiger partial charge < -0.3 is 10.1 Å². The number of carbonyl (C=O) groups is 1. The van der Waals surface area contributed by atoms with Gasteiger partial charge in [-0.3, -0.25) is 4.79 Å². The maximum absolute atomic E-state index is 12.0. The molecule has 100 valence electrons. The van der Waals surface area contributed by atoms with E-state index in [0.717, 1.165) is 12.8 Å². The van der Waals surface area contributed by atoms with Crippen molar-refractivity contribution in [2.24, 2.45) is 5.92 Å². The van der Waals surface area contributed by atoms with Gasteiger partial charge in [0.05, 0.1) is 19.6 Å². The average Bonchev–Trinajstić information content (AvgIpc) is 3.22. The van der Waals surface area contributed by atoms with Gasteiger partial charge in [0.2, 0.25) is 5.91 Å². The smallest absolute Gasteiger partial charge is 0.225 e. The Morgan fingerprint density at radius 3 is 2.95 bits per heavy atom. The van der Waals surface area contributed by atoms with Crippen LogP contribution < -0.4 is 10.1 Å². The highest BCUT2D eigenvalue weighted by Gasteiger charge is 2.32. The molecule has 5 heteroatoms. The molecular weight excluding hydrogens is 264 g/mol. The Labute approximate surface area is 117 Å². The number of halogens is 1. The Kier molecular flexibility index (Phi) is 4.28. The zero-order valence-corrected chi connectivity index (χ0v) is 11.4. The minimum Gasteiger partial charge on any atom is -0.496 e. The van der Waals surface area contributed by atoms with Gasteiger partial charge in [-0.05, 0) is 30.9 Å². The number of hydrogen-bond donors (Lipinski definition) is 1. The van der Waals surface area contributed by atoms with Gasteiger partial charge in [-0.15, -0.1) is 0 Å². The maximum atomic E-state index is 12.0. The third-order valence-corrected chi connectivity index (χ3v) is 3.54. The summed E-state index contributed by atoms with van der Waals surface area (Å²) < 4.78 is 5.19. The summed E-state index contributed by atoms with van der Waals surface area (Å²) in [5.41, 5.74) is 0.650. The first kappa shape index (κ1) is 13.7. The number of carbonyl (C=O) groups excluding carboxylic acids is 1. The van der Waals surface area contributed by atoms with Crippen molar-refractivity contribution in [3.8, 4) is 11.8 Å². The van der Waals surface area contributed by atoms with Crippen LogP contribution in [0.25, 0.3) is 0 Å². The second-order valence-corrected chi connectivity index (χ2v) is 5.02. The lowest BCUT2D eigenvalue weighted by Crippen LogP contribution is -2.36. The van der Waals surface area contributed by atoms with Gasteiger partial charge >= 0.3 is 0 Å². The lowest BCUT2D eigenvalue weighted by Gasteiger charge is -2.13. The molecule has 1 aromatic carbocycles. The van der Waals surface area contributed by atoms with E-state index in [1.807, 2.05) is 0 Å². The molecule has 1 aliphatic rings. The first-order valence-electron chi connectivity index (χ1n) is 6.16. The molecule has 0 aliphatic heterocycles. The van der Waals surface area contributed by atoms with Gasteiger partial charge in [-0.2, -0.15) is 5.26 Å². The highest BCUT2D eigenvalue weighted by molar-refractivity contribution is 6.31. The number of methoxy groups -OCH3 is 1. The fraction of sp³-hybridized carbons (Fsp3) is 0.429. The van der Waals surface area contributed by atoms with Gasteiger partial charge in [0, 0.05) is 10.6 Å². The topological polar surface area (TPSA) is 62.1 Å². The summed E-state index contributed by atoms with van der Waals surface area (Å²) in [6, 6.07) is 6.99. The molecule has 4 nitrogen and oxygen atoms in total. The zero-order chi connectivity index (χ0) is 13.8. The molecule has 2 rings (SSSR count). The lowest BCUT2D eigenvalue weighted by atomic mass is 10.1. The van der Waals surface area contributed by atoms with Crippen LogP contribution in [-0.4, -0.2) is 19.1 Å². The Morgan fingerprint density at radius 1 is 1.63 bits per heavy atom. The van der Waals surface area contributed by atoms with Crippen molar-refractivity contribution in [2.45, 2.75) is 25.3 Å². The van der Waals surface area contributed by atoms with Crippen molar-refractivity contribution in [1.29, 1.82) is 5.26 Å². The SMILES string of the molecule is COc1cccc(Cl)c1CC(=O)N[C@@H](C#N)C1CC1. The summed E-state index contributed by atoms with van der Waals surface area (Å²) in [5.74, 6) is 0.689. The molecule has 0 spiro atoms. The molecule has 0 heterocycles. The summed E-state index contributed by atoms with van der Waals surface area (Å²) in [7, 11) is 1.54. The fourth-order valence-corrected chi connectivity index (χ4v) is 2.20. The number of benzene rings is 1. The second-order valence-electron chi connectivity index (χ2n) is 4.61. The molecule has 1 N–H and O–H groups in total. The zero-order valence-electron chi connectivity index (χ0n) is 10.6. The van der Waals surface area contributed by atoms with E-state index in [0.29, 0.717) is 22.3 Å². The van der Waals surface area contributed by atoms with Crippen molar-refractivity contribution in [3.63, 3.8) is 0 Å². The lowest BCUT2D eigenvalue weighted by molar-refractivity contribution is -0.120. The number of nitriles is 1. The molecule has 0 saturated heterocycles. The van der Waals surface area contributed by atoms with Gasteiger partial charge in [-0.1, -0.05) is 17.7 Å². The van der Waals surface area contributed by atoms with Crippen molar-refractivity contribution in [2.75, 3.05) is 7.11 Å². The van der Waals surface area contributed by atoms with E-state index >= 15 is 0 Å². The van der Waals surface area contributed by atoms with Crippen LogP contribution in [0, 0.1) is 17.2 Å². The Morgan fingerprint density at radius 2 is 2.37 bits per heavy atom. The summed E-state index contributed by atoms with van der Waals surface area (Å²) in [6.45, 7) is 0. The molecule has 0 unspecified atom stereocenters. The van der Waals surface area contributed by atoms with Crippen molar-refractivity contribution in [1.82, 2.24) is 5.32 Å². The van der Waals surface area contributed by atoms with Crippen LogP contribution in [-0.2, 0) is 11.2 Å². The van der Waals surface area contributed by atoms with Crippen molar-refractivity contribution < 1.29 is 9.53 Å². The van der Waals surface area contributed by atoms with Gasteiger partial charge in [0.15, 0.2) is 0 Å². The molecule has 0 radical (unpaired) electrons. The third-order valence-electron chi connectivity index (χ3n) is 3.18. The van der Waals surface area contributed by atoms with Crippen molar-refractivity contribution >= 4 is 17.5 Å². The van der Waals surface area contributed by atoms with E-state index < -0.39 is 0 Å². The summed E-state index contributed by atoms with van der Waals surface area (Å²) in [6.07, 6.45) is 2.13. The number of nitrogens with zero attached hydrogens (tertiary/aromatic N) is 1. The molecule has 1 saturated carbocycles. The number of hydrogen-bond acceptors (Lipinski definition) is 3. The summed E-state index contributed by atoms with van der Waals surface area (Å²) in [4.78, 5) is 12.0. The van der Waals surface area contributed by atoms with Crippen LogP contribution in [0.3, 0.4) is 0 Å². The first-order valence-corrected chi connectivity index (χ1v) is 6.54.